The largest absolute Gasteiger partial charge is 0.497 e. The van der Waals surface area contributed by atoms with Crippen molar-refractivity contribution < 1.29 is 9.53 Å². The number of carbonyl (C=O) groups is 1. The molecule has 1 aromatic carbocycles. The molecule has 6 nitrogen and oxygen atoms in total. The summed E-state index contributed by atoms with van der Waals surface area (Å²) in [6.07, 6.45) is 5.80. The van der Waals surface area contributed by atoms with E-state index in [9.17, 15) is 4.79 Å². The number of rotatable bonds is 6. The first-order chi connectivity index (χ1) is 13.0. The van der Waals surface area contributed by atoms with Crippen molar-refractivity contribution in [1.82, 2.24) is 9.80 Å². The van der Waals surface area contributed by atoms with Gasteiger partial charge in [-0.05, 0) is 31.9 Å². The first kappa shape index (κ1) is 19.8. The second-order valence-electron chi connectivity index (χ2n) is 8.08. The molecule has 0 bridgehead atoms. The highest BCUT2D eigenvalue weighted by molar-refractivity contribution is 5.73. The van der Waals surface area contributed by atoms with E-state index in [-0.39, 0.29) is 11.6 Å². The third-order valence-corrected chi connectivity index (χ3v) is 6.28. The molecule has 0 aromatic heterocycles. The molecule has 150 valence electrons. The summed E-state index contributed by atoms with van der Waals surface area (Å²) >= 11 is 0. The molecule has 0 atom stereocenters. The third-order valence-electron chi connectivity index (χ3n) is 6.28. The number of methoxy groups -OCH3 is 1. The number of hydrogen-bond donors (Lipinski definition) is 1. The van der Waals surface area contributed by atoms with Gasteiger partial charge in [-0.2, -0.15) is 0 Å². The van der Waals surface area contributed by atoms with E-state index >= 15 is 0 Å². The lowest BCUT2D eigenvalue weighted by Gasteiger charge is -2.44. The maximum Gasteiger partial charge on any atom is 0.315 e. The van der Waals surface area contributed by atoms with Crippen molar-refractivity contribution in [3.8, 4) is 5.75 Å². The van der Waals surface area contributed by atoms with Crippen LogP contribution in [0, 0.1) is 0 Å². The van der Waals surface area contributed by atoms with Gasteiger partial charge >= 0.3 is 6.03 Å². The Morgan fingerprint density at radius 2 is 1.89 bits per heavy atom. The average Bonchev–Trinajstić information content (AvgIpc) is 2.69. The van der Waals surface area contributed by atoms with Gasteiger partial charge in [0.1, 0.15) is 5.75 Å². The number of piperazine rings is 1. The minimum atomic E-state index is -0.269. The van der Waals surface area contributed by atoms with Gasteiger partial charge in [-0.3, -0.25) is 4.90 Å². The Hall–Kier alpha value is -1.95. The van der Waals surface area contributed by atoms with Gasteiger partial charge in [0.15, 0.2) is 0 Å². The monoisotopic (exact) mass is 374 g/mol. The number of ether oxygens (including phenoxy) is 1. The van der Waals surface area contributed by atoms with Crippen LogP contribution >= 0.6 is 0 Å². The second kappa shape index (κ2) is 8.83. The van der Waals surface area contributed by atoms with Crippen molar-refractivity contribution in [3.05, 3.63) is 24.3 Å². The van der Waals surface area contributed by atoms with E-state index in [1.807, 2.05) is 17.0 Å². The molecule has 1 saturated carbocycles. The van der Waals surface area contributed by atoms with Crippen LogP contribution in [0.1, 0.15) is 39.0 Å². The molecular formula is C21H34N4O2. The molecule has 2 N–H and O–H groups in total. The Morgan fingerprint density at radius 3 is 2.52 bits per heavy atom. The van der Waals surface area contributed by atoms with Gasteiger partial charge in [0.05, 0.1) is 7.11 Å². The summed E-state index contributed by atoms with van der Waals surface area (Å²) in [6.45, 7) is 7.80. The SMILES string of the molecule is COc1cccc(N2CCN(CCN(C(N)=O)C3(C)CCCCC3)CC2)c1. The van der Waals surface area contributed by atoms with Crippen LogP contribution in [0.4, 0.5) is 10.5 Å². The Balaban J connectivity index is 1.51. The lowest BCUT2D eigenvalue weighted by atomic mass is 9.82. The van der Waals surface area contributed by atoms with E-state index < -0.39 is 0 Å². The Morgan fingerprint density at radius 1 is 1.19 bits per heavy atom. The molecule has 2 fully saturated rings. The number of anilines is 1. The van der Waals surface area contributed by atoms with E-state index in [1.54, 1.807) is 7.11 Å². The number of primary amides is 1. The predicted octanol–water partition coefficient (Wildman–Crippen LogP) is 2.92. The Kier molecular flexibility index (Phi) is 6.47. The van der Waals surface area contributed by atoms with Gasteiger partial charge in [-0.1, -0.05) is 25.3 Å². The maximum atomic E-state index is 12.1. The van der Waals surface area contributed by atoms with E-state index in [0.717, 1.165) is 57.9 Å². The van der Waals surface area contributed by atoms with Crippen molar-refractivity contribution in [2.45, 2.75) is 44.6 Å². The number of amides is 2. The van der Waals surface area contributed by atoms with Gasteiger partial charge in [0.25, 0.3) is 0 Å². The fraction of sp³-hybridized carbons (Fsp3) is 0.667. The molecule has 27 heavy (non-hydrogen) atoms. The van der Waals surface area contributed by atoms with E-state index in [2.05, 4.69) is 28.9 Å². The van der Waals surface area contributed by atoms with Crippen molar-refractivity contribution >= 4 is 11.7 Å². The maximum absolute atomic E-state index is 12.1. The molecule has 1 aliphatic carbocycles. The zero-order chi connectivity index (χ0) is 19.3. The lowest BCUT2D eigenvalue weighted by Crippen LogP contribution is -2.56. The van der Waals surface area contributed by atoms with E-state index in [0.29, 0.717) is 0 Å². The van der Waals surface area contributed by atoms with Crippen LogP contribution in [-0.2, 0) is 0 Å². The summed E-state index contributed by atoms with van der Waals surface area (Å²) in [5, 5.41) is 0. The molecule has 1 aliphatic heterocycles. The number of carbonyl (C=O) groups excluding carboxylic acids is 1. The van der Waals surface area contributed by atoms with E-state index in [4.69, 9.17) is 10.5 Å². The zero-order valence-corrected chi connectivity index (χ0v) is 16.8. The van der Waals surface area contributed by atoms with E-state index in [1.165, 1.54) is 24.9 Å². The van der Waals surface area contributed by atoms with Crippen molar-refractivity contribution in [3.63, 3.8) is 0 Å². The van der Waals surface area contributed by atoms with Gasteiger partial charge < -0.3 is 20.3 Å². The molecule has 1 heterocycles. The van der Waals surface area contributed by atoms with Crippen molar-refractivity contribution in [1.29, 1.82) is 0 Å². The standard InChI is InChI=1S/C21H34N4O2/c1-21(9-4-3-5-10-21)25(20(22)26)16-13-23-11-14-24(15-12-23)18-7-6-8-19(17-18)27-2/h6-8,17H,3-5,9-16H2,1-2H3,(H2,22,26). The van der Waals surface area contributed by atoms with Crippen LogP contribution in [0.5, 0.6) is 5.75 Å². The van der Waals surface area contributed by atoms with Gasteiger partial charge in [-0.15, -0.1) is 0 Å². The Bertz CT molecular complexity index is 622. The summed E-state index contributed by atoms with van der Waals surface area (Å²) in [7, 11) is 1.70. The predicted molar refractivity (Wildman–Crippen MR) is 109 cm³/mol. The highest BCUT2D eigenvalue weighted by atomic mass is 16.5. The topological polar surface area (TPSA) is 62.0 Å². The molecule has 3 rings (SSSR count). The number of nitrogens with zero attached hydrogens (tertiary/aromatic N) is 3. The van der Waals surface area contributed by atoms with Crippen molar-refractivity contribution in [2.75, 3.05) is 51.3 Å². The molecular weight excluding hydrogens is 340 g/mol. The molecule has 6 heteroatoms. The summed E-state index contributed by atoms with van der Waals surface area (Å²) in [5.41, 5.74) is 6.89. The number of urea groups is 1. The van der Waals surface area contributed by atoms with Crippen LogP contribution in [-0.4, -0.2) is 67.7 Å². The van der Waals surface area contributed by atoms with Crippen LogP contribution in [0.2, 0.25) is 0 Å². The fourth-order valence-corrected chi connectivity index (χ4v) is 4.51. The minimum Gasteiger partial charge on any atom is -0.497 e. The number of hydrogen-bond acceptors (Lipinski definition) is 4. The molecule has 1 saturated heterocycles. The summed E-state index contributed by atoms with van der Waals surface area (Å²) in [6, 6.07) is 7.97. The molecule has 2 aliphatic rings. The fourth-order valence-electron chi connectivity index (χ4n) is 4.51. The summed E-state index contributed by atoms with van der Waals surface area (Å²) in [5.74, 6) is 0.896. The van der Waals surface area contributed by atoms with Crippen LogP contribution in [0.25, 0.3) is 0 Å². The first-order valence-corrected chi connectivity index (χ1v) is 10.2. The van der Waals surface area contributed by atoms with Crippen LogP contribution < -0.4 is 15.4 Å². The van der Waals surface area contributed by atoms with Gasteiger partial charge in [0, 0.05) is 56.6 Å². The van der Waals surface area contributed by atoms with Crippen molar-refractivity contribution in [2.24, 2.45) is 5.73 Å². The quantitative estimate of drug-likeness (QED) is 0.832. The zero-order valence-electron chi connectivity index (χ0n) is 16.8. The number of nitrogens with two attached hydrogens (primary N) is 1. The highest BCUT2D eigenvalue weighted by Crippen LogP contribution is 2.33. The Labute approximate surface area is 163 Å². The summed E-state index contributed by atoms with van der Waals surface area (Å²) < 4.78 is 5.33. The smallest absolute Gasteiger partial charge is 0.315 e. The minimum absolute atomic E-state index is 0.0630. The molecule has 0 radical (unpaired) electrons. The summed E-state index contributed by atoms with van der Waals surface area (Å²) in [4.78, 5) is 18.9. The van der Waals surface area contributed by atoms with Crippen LogP contribution in [0.3, 0.4) is 0 Å². The molecule has 1 aromatic rings. The first-order valence-electron chi connectivity index (χ1n) is 10.2. The normalized spacial score (nSPS) is 20.3. The average molecular weight is 375 g/mol. The highest BCUT2D eigenvalue weighted by Gasteiger charge is 2.35. The second-order valence-corrected chi connectivity index (χ2v) is 8.08. The van der Waals surface area contributed by atoms with Crippen LogP contribution in [0.15, 0.2) is 24.3 Å². The lowest BCUT2D eigenvalue weighted by molar-refractivity contribution is 0.0854. The molecule has 0 spiro atoms. The van der Waals surface area contributed by atoms with Gasteiger partial charge in [-0.25, -0.2) is 4.79 Å². The van der Waals surface area contributed by atoms with Gasteiger partial charge in [0.2, 0.25) is 0 Å². The number of benzene rings is 1. The molecule has 0 unspecified atom stereocenters. The molecule has 2 amide bonds. The third kappa shape index (κ3) is 4.86.